The first kappa shape index (κ1) is 20.9. The average molecular weight is 342 g/mol. The van der Waals surface area contributed by atoms with Gasteiger partial charge in [-0.05, 0) is 45.2 Å². The first-order valence-electron chi connectivity index (χ1n) is 7.32. The van der Waals surface area contributed by atoms with E-state index in [9.17, 15) is 4.79 Å². The van der Waals surface area contributed by atoms with Crippen molar-refractivity contribution in [2.75, 3.05) is 46.9 Å². The quantitative estimate of drug-likeness (QED) is 0.836. The third-order valence-corrected chi connectivity index (χ3v) is 4.41. The minimum atomic E-state index is -0.701. The first-order valence-corrected chi connectivity index (χ1v) is 7.32. The van der Waals surface area contributed by atoms with Crippen molar-refractivity contribution in [3.8, 4) is 0 Å². The van der Waals surface area contributed by atoms with Gasteiger partial charge in [-0.1, -0.05) is 0 Å². The number of nitrogens with zero attached hydrogens (tertiary/aromatic N) is 2. The number of amides is 1. The maximum absolute atomic E-state index is 12.5. The largest absolute Gasteiger partial charge is 0.381 e. The molecule has 2 aliphatic rings. The minimum Gasteiger partial charge on any atom is -0.381 e. The summed E-state index contributed by atoms with van der Waals surface area (Å²) in [6, 6.07) is 0. The van der Waals surface area contributed by atoms with Crippen LogP contribution in [0.3, 0.4) is 0 Å². The average Bonchev–Trinajstić information content (AvgIpc) is 2.38. The second-order valence-electron chi connectivity index (χ2n) is 6.22. The fraction of sp³-hybridized carbons (Fsp3) is 0.929. The lowest BCUT2D eigenvalue weighted by atomic mass is 9.89. The lowest BCUT2D eigenvalue weighted by Gasteiger charge is -2.38. The molecule has 0 aliphatic carbocycles. The van der Waals surface area contributed by atoms with E-state index in [0.29, 0.717) is 32.0 Å². The number of likely N-dealkylation sites (N-methyl/N-ethyl adjacent to an activating group) is 1. The summed E-state index contributed by atoms with van der Waals surface area (Å²) in [5, 5.41) is 0. The molecule has 1 unspecified atom stereocenters. The second-order valence-corrected chi connectivity index (χ2v) is 6.22. The number of nitrogens with two attached hydrogens (primary N) is 1. The predicted octanol–water partition coefficient (Wildman–Crippen LogP) is 1.14. The molecule has 2 N–H and O–H groups in total. The van der Waals surface area contributed by atoms with Crippen LogP contribution in [-0.2, 0) is 9.53 Å². The van der Waals surface area contributed by atoms with Crippen LogP contribution < -0.4 is 5.73 Å². The first-order chi connectivity index (χ1) is 9.01. The number of carbonyl (C=O) groups is 1. The van der Waals surface area contributed by atoms with E-state index in [1.165, 1.54) is 19.4 Å². The standard InChI is InChI=1S/C14H27N3O2.2ClH/c1-16-7-3-4-12(10-16)11-17(2)13(18)14(15)5-8-19-9-6-14;;/h12H,3-11,15H2,1-2H3;2*1H. The maximum atomic E-state index is 12.5. The van der Waals surface area contributed by atoms with Gasteiger partial charge in [-0.2, -0.15) is 0 Å². The summed E-state index contributed by atoms with van der Waals surface area (Å²) < 4.78 is 5.30. The Kier molecular flexibility index (Phi) is 9.12. The molecule has 7 heteroatoms. The van der Waals surface area contributed by atoms with Crippen LogP contribution in [0.25, 0.3) is 0 Å². The van der Waals surface area contributed by atoms with Crippen LogP contribution >= 0.6 is 24.8 Å². The molecule has 0 aromatic heterocycles. The third kappa shape index (κ3) is 5.57. The van der Waals surface area contributed by atoms with Crippen molar-refractivity contribution in [1.29, 1.82) is 0 Å². The molecule has 2 saturated heterocycles. The highest BCUT2D eigenvalue weighted by Gasteiger charge is 2.38. The molecule has 2 rings (SSSR count). The van der Waals surface area contributed by atoms with Crippen molar-refractivity contribution in [3.05, 3.63) is 0 Å². The number of ether oxygens (including phenoxy) is 1. The number of piperidine rings is 1. The van der Waals surface area contributed by atoms with Gasteiger partial charge in [0.25, 0.3) is 0 Å². The van der Waals surface area contributed by atoms with E-state index in [-0.39, 0.29) is 30.7 Å². The van der Waals surface area contributed by atoms with Gasteiger partial charge in [-0.3, -0.25) is 4.79 Å². The van der Waals surface area contributed by atoms with Gasteiger partial charge in [0.15, 0.2) is 0 Å². The van der Waals surface area contributed by atoms with Crippen molar-refractivity contribution in [2.24, 2.45) is 11.7 Å². The third-order valence-electron chi connectivity index (χ3n) is 4.41. The molecule has 0 aromatic rings. The van der Waals surface area contributed by atoms with Gasteiger partial charge < -0.3 is 20.3 Å². The zero-order valence-corrected chi connectivity index (χ0v) is 14.7. The van der Waals surface area contributed by atoms with Crippen LogP contribution in [0.5, 0.6) is 0 Å². The van der Waals surface area contributed by atoms with Gasteiger partial charge in [0.2, 0.25) is 5.91 Å². The Labute approximate surface area is 140 Å². The normalized spacial score (nSPS) is 25.4. The van der Waals surface area contributed by atoms with Crippen LogP contribution in [0.4, 0.5) is 0 Å². The van der Waals surface area contributed by atoms with Gasteiger partial charge in [-0.15, -0.1) is 24.8 Å². The predicted molar refractivity (Wildman–Crippen MR) is 89.3 cm³/mol. The molecule has 0 aromatic carbocycles. The number of rotatable bonds is 3. The molecule has 0 spiro atoms. The van der Waals surface area contributed by atoms with Crippen LogP contribution in [0.15, 0.2) is 0 Å². The van der Waals surface area contributed by atoms with E-state index < -0.39 is 5.54 Å². The van der Waals surface area contributed by atoms with Gasteiger partial charge >= 0.3 is 0 Å². The van der Waals surface area contributed by atoms with Crippen LogP contribution in [0.1, 0.15) is 25.7 Å². The number of hydrogen-bond donors (Lipinski definition) is 1. The molecule has 0 saturated carbocycles. The molecule has 1 amide bonds. The molecule has 2 aliphatic heterocycles. The summed E-state index contributed by atoms with van der Waals surface area (Å²) in [6.45, 7) is 4.28. The molecule has 126 valence electrons. The Bertz CT molecular complexity index is 325. The van der Waals surface area contributed by atoms with Crippen molar-refractivity contribution < 1.29 is 9.53 Å². The van der Waals surface area contributed by atoms with Crippen molar-refractivity contribution in [1.82, 2.24) is 9.80 Å². The Balaban J connectivity index is 0.00000200. The number of halogens is 2. The summed E-state index contributed by atoms with van der Waals surface area (Å²) in [6.07, 6.45) is 3.72. The zero-order valence-electron chi connectivity index (χ0n) is 13.0. The number of hydrogen-bond acceptors (Lipinski definition) is 4. The van der Waals surface area contributed by atoms with Gasteiger partial charge in [-0.25, -0.2) is 0 Å². The molecule has 0 bridgehead atoms. The van der Waals surface area contributed by atoms with Crippen molar-refractivity contribution in [3.63, 3.8) is 0 Å². The van der Waals surface area contributed by atoms with Crippen molar-refractivity contribution in [2.45, 2.75) is 31.2 Å². The van der Waals surface area contributed by atoms with E-state index in [1.807, 2.05) is 11.9 Å². The molecule has 1 atom stereocenters. The van der Waals surface area contributed by atoms with E-state index in [4.69, 9.17) is 10.5 Å². The summed E-state index contributed by atoms with van der Waals surface area (Å²) >= 11 is 0. The fourth-order valence-corrected chi connectivity index (χ4v) is 3.22. The summed E-state index contributed by atoms with van der Waals surface area (Å²) in [5.41, 5.74) is 5.55. The summed E-state index contributed by atoms with van der Waals surface area (Å²) in [4.78, 5) is 16.7. The Morgan fingerprint density at radius 2 is 2.00 bits per heavy atom. The maximum Gasteiger partial charge on any atom is 0.242 e. The van der Waals surface area contributed by atoms with Gasteiger partial charge in [0.1, 0.15) is 0 Å². The topological polar surface area (TPSA) is 58.8 Å². The van der Waals surface area contributed by atoms with E-state index >= 15 is 0 Å². The smallest absolute Gasteiger partial charge is 0.242 e. The highest BCUT2D eigenvalue weighted by Crippen LogP contribution is 2.22. The molecule has 2 fully saturated rings. The summed E-state index contributed by atoms with van der Waals surface area (Å²) in [5.74, 6) is 0.667. The van der Waals surface area contributed by atoms with E-state index in [0.717, 1.165) is 13.1 Å². The molecular weight excluding hydrogens is 313 g/mol. The van der Waals surface area contributed by atoms with Crippen LogP contribution in [0, 0.1) is 5.92 Å². The second kappa shape index (κ2) is 9.16. The lowest BCUT2D eigenvalue weighted by Crippen LogP contribution is -2.58. The fourth-order valence-electron chi connectivity index (χ4n) is 3.22. The molecule has 5 nitrogen and oxygen atoms in total. The SMILES string of the molecule is CN1CCCC(CN(C)C(=O)C2(N)CCOCC2)C1.Cl.Cl. The van der Waals surface area contributed by atoms with Gasteiger partial charge in [0.05, 0.1) is 5.54 Å². The molecule has 21 heavy (non-hydrogen) atoms. The summed E-state index contributed by atoms with van der Waals surface area (Å²) in [7, 11) is 4.04. The Morgan fingerprint density at radius 3 is 2.57 bits per heavy atom. The Morgan fingerprint density at radius 1 is 1.38 bits per heavy atom. The lowest BCUT2D eigenvalue weighted by molar-refractivity contribution is -0.140. The zero-order chi connectivity index (χ0) is 13.9. The highest BCUT2D eigenvalue weighted by molar-refractivity contribution is 5.86. The Hall–Kier alpha value is -0.0700. The number of likely N-dealkylation sites (tertiary alicyclic amines) is 1. The van der Waals surface area contributed by atoms with Crippen LogP contribution in [-0.4, -0.2) is 68.2 Å². The van der Waals surface area contributed by atoms with Crippen LogP contribution in [0.2, 0.25) is 0 Å². The minimum absolute atomic E-state index is 0. The monoisotopic (exact) mass is 341 g/mol. The number of carbonyl (C=O) groups excluding carboxylic acids is 1. The highest BCUT2D eigenvalue weighted by atomic mass is 35.5. The van der Waals surface area contributed by atoms with E-state index in [2.05, 4.69) is 11.9 Å². The molecular formula is C14H29Cl2N3O2. The van der Waals surface area contributed by atoms with Crippen molar-refractivity contribution >= 4 is 30.7 Å². The van der Waals surface area contributed by atoms with E-state index in [1.54, 1.807) is 0 Å². The van der Waals surface area contributed by atoms with Gasteiger partial charge in [0, 0.05) is 33.4 Å². The molecule has 2 heterocycles. The molecule has 0 radical (unpaired) electrons.